The predicted octanol–water partition coefficient (Wildman–Crippen LogP) is 0.987. The first-order valence-electron chi connectivity index (χ1n) is 7.23. The van der Waals surface area contributed by atoms with E-state index in [0.717, 1.165) is 12.8 Å². The Bertz CT molecular complexity index is 406. The third kappa shape index (κ3) is 3.29. The normalized spacial score (nSPS) is 28.0. The first-order valence-corrected chi connectivity index (χ1v) is 8.63. The average molecular weight is 289 g/mol. The van der Waals surface area contributed by atoms with Crippen LogP contribution in [0.4, 0.5) is 0 Å². The van der Waals surface area contributed by atoms with Gasteiger partial charge in [0.05, 0.1) is 0 Å². The maximum Gasteiger partial charge on any atom is 0.282 e. The molecule has 1 heterocycles. The molecule has 2 rings (SSSR count). The van der Waals surface area contributed by atoms with Gasteiger partial charge in [0.2, 0.25) is 0 Å². The van der Waals surface area contributed by atoms with Gasteiger partial charge in [0.25, 0.3) is 10.2 Å². The van der Waals surface area contributed by atoms with Crippen LogP contribution in [0.15, 0.2) is 0 Å². The maximum absolute atomic E-state index is 12.7. The summed E-state index contributed by atoms with van der Waals surface area (Å²) >= 11 is 0. The lowest BCUT2D eigenvalue weighted by Gasteiger charge is -2.38. The summed E-state index contributed by atoms with van der Waals surface area (Å²) in [6.45, 7) is 3.31. The van der Waals surface area contributed by atoms with E-state index < -0.39 is 10.2 Å². The minimum atomic E-state index is -3.29. The fourth-order valence-corrected chi connectivity index (χ4v) is 4.50. The van der Waals surface area contributed by atoms with Crippen molar-refractivity contribution in [1.29, 1.82) is 0 Å². The zero-order valence-corrected chi connectivity index (χ0v) is 13.4. The summed E-state index contributed by atoms with van der Waals surface area (Å²) in [6.07, 6.45) is 4.37. The zero-order chi connectivity index (χ0) is 14.2. The molecule has 1 saturated carbocycles. The SMILES string of the molecule is CC(C1CC1)N(C)S(=O)(=O)N1CCCC(N(C)C)C1. The van der Waals surface area contributed by atoms with E-state index in [1.54, 1.807) is 15.7 Å². The van der Waals surface area contributed by atoms with Gasteiger partial charge in [0.15, 0.2) is 0 Å². The van der Waals surface area contributed by atoms with E-state index >= 15 is 0 Å². The second kappa shape index (κ2) is 5.68. The lowest BCUT2D eigenvalue weighted by Crippen LogP contribution is -2.53. The number of likely N-dealkylation sites (N-methyl/N-ethyl adjacent to an activating group) is 1. The highest BCUT2D eigenvalue weighted by atomic mass is 32.2. The fourth-order valence-electron chi connectivity index (χ4n) is 2.82. The molecular formula is C13H27N3O2S. The van der Waals surface area contributed by atoms with Gasteiger partial charge < -0.3 is 4.90 Å². The van der Waals surface area contributed by atoms with Crippen LogP contribution in [0.1, 0.15) is 32.6 Å². The molecule has 6 heteroatoms. The highest BCUT2D eigenvalue weighted by molar-refractivity contribution is 7.86. The van der Waals surface area contributed by atoms with Crippen molar-refractivity contribution in [1.82, 2.24) is 13.5 Å². The molecule has 0 N–H and O–H groups in total. The van der Waals surface area contributed by atoms with Crippen molar-refractivity contribution in [2.75, 3.05) is 34.2 Å². The van der Waals surface area contributed by atoms with Gasteiger partial charge in [0.1, 0.15) is 0 Å². The summed E-state index contributed by atoms with van der Waals surface area (Å²) in [6, 6.07) is 0.470. The van der Waals surface area contributed by atoms with Crippen molar-refractivity contribution in [3.63, 3.8) is 0 Å². The molecule has 1 aliphatic carbocycles. The number of nitrogens with zero attached hydrogens (tertiary/aromatic N) is 3. The molecule has 0 aromatic rings. The van der Waals surface area contributed by atoms with E-state index in [1.807, 2.05) is 21.0 Å². The lowest BCUT2D eigenvalue weighted by atomic mass is 10.1. The maximum atomic E-state index is 12.7. The zero-order valence-electron chi connectivity index (χ0n) is 12.5. The summed E-state index contributed by atoms with van der Waals surface area (Å²) < 4.78 is 28.6. The Labute approximate surface area is 117 Å². The molecule has 2 aliphatic rings. The Morgan fingerprint density at radius 3 is 2.32 bits per heavy atom. The summed E-state index contributed by atoms with van der Waals surface area (Å²) in [4.78, 5) is 2.13. The first kappa shape index (κ1) is 15.2. The Morgan fingerprint density at radius 1 is 1.16 bits per heavy atom. The van der Waals surface area contributed by atoms with Crippen molar-refractivity contribution in [2.45, 2.75) is 44.7 Å². The van der Waals surface area contributed by atoms with Crippen LogP contribution >= 0.6 is 0 Å². The molecule has 2 atom stereocenters. The van der Waals surface area contributed by atoms with Gasteiger partial charge >= 0.3 is 0 Å². The second-order valence-electron chi connectivity index (χ2n) is 6.22. The summed E-state index contributed by atoms with van der Waals surface area (Å²) in [5, 5.41) is 0. The standard InChI is InChI=1S/C13H27N3O2S/c1-11(12-7-8-12)15(4)19(17,18)16-9-5-6-13(10-16)14(2)3/h11-13H,5-10H2,1-4H3. The topological polar surface area (TPSA) is 43.9 Å². The molecule has 0 spiro atoms. The number of rotatable bonds is 5. The second-order valence-corrected chi connectivity index (χ2v) is 8.21. The minimum Gasteiger partial charge on any atom is -0.305 e. The van der Waals surface area contributed by atoms with E-state index in [9.17, 15) is 8.42 Å². The third-order valence-electron chi connectivity index (χ3n) is 4.66. The van der Waals surface area contributed by atoms with Crippen LogP contribution < -0.4 is 0 Å². The average Bonchev–Trinajstić information content (AvgIpc) is 3.21. The Balaban J connectivity index is 2.05. The number of piperidine rings is 1. The smallest absolute Gasteiger partial charge is 0.282 e. The third-order valence-corrected chi connectivity index (χ3v) is 6.70. The number of hydrogen-bond acceptors (Lipinski definition) is 3. The molecule has 5 nitrogen and oxygen atoms in total. The molecular weight excluding hydrogens is 262 g/mol. The van der Waals surface area contributed by atoms with Gasteiger partial charge in [-0.05, 0) is 52.6 Å². The van der Waals surface area contributed by atoms with E-state index in [2.05, 4.69) is 4.90 Å². The van der Waals surface area contributed by atoms with Crippen molar-refractivity contribution < 1.29 is 8.42 Å². The molecule has 0 bridgehead atoms. The monoisotopic (exact) mass is 289 g/mol. The minimum absolute atomic E-state index is 0.129. The number of hydrogen-bond donors (Lipinski definition) is 0. The molecule has 0 aromatic carbocycles. The van der Waals surface area contributed by atoms with Crippen LogP contribution in [0.2, 0.25) is 0 Å². The van der Waals surface area contributed by atoms with Crippen molar-refractivity contribution in [3.05, 3.63) is 0 Å². The first-order chi connectivity index (χ1) is 8.84. The largest absolute Gasteiger partial charge is 0.305 e. The summed E-state index contributed by atoms with van der Waals surface area (Å²) in [7, 11) is 2.49. The van der Waals surface area contributed by atoms with E-state index in [4.69, 9.17) is 0 Å². The summed E-state index contributed by atoms with van der Waals surface area (Å²) in [5.74, 6) is 0.564. The molecule has 19 heavy (non-hydrogen) atoms. The molecule has 1 aliphatic heterocycles. The van der Waals surface area contributed by atoms with Crippen molar-refractivity contribution in [2.24, 2.45) is 5.92 Å². The van der Waals surface area contributed by atoms with E-state index in [-0.39, 0.29) is 6.04 Å². The molecule has 2 fully saturated rings. The van der Waals surface area contributed by atoms with Crippen molar-refractivity contribution in [3.8, 4) is 0 Å². The van der Waals surface area contributed by atoms with Crippen LogP contribution in [0, 0.1) is 5.92 Å². The molecule has 0 amide bonds. The van der Waals surface area contributed by atoms with E-state index in [1.165, 1.54) is 12.8 Å². The van der Waals surface area contributed by atoms with Crippen LogP contribution in [0.25, 0.3) is 0 Å². The van der Waals surface area contributed by atoms with E-state index in [0.29, 0.717) is 25.0 Å². The Kier molecular flexibility index (Phi) is 4.55. The molecule has 2 unspecified atom stereocenters. The van der Waals surface area contributed by atoms with Gasteiger partial charge in [-0.25, -0.2) is 0 Å². The van der Waals surface area contributed by atoms with Crippen molar-refractivity contribution >= 4 is 10.2 Å². The molecule has 112 valence electrons. The molecule has 0 aromatic heterocycles. The summed E-state index contributed by atoms with van der Waals surface area (Å²) in [5.41, 5.74) is 0. The highest BCUT2D eigenvalue weighted by Gasteiger charge is 2.39. The van der Waals surface area contributed by atoms with Gasteiger partial charge in [-0.1, -0.05) is 0 Å². The Morgan fingerprint density at radius 2 is 1.79 bits per heavy atom. The van der Waals surface area contributed by atoms with Crippen LogP contribution in [0.3, 0.4) is 0 Å². The van der Waals surface area contributed by atoms with Gasteiger partial charge in [0, 0.05) is 32.2 Å². The van der Waals surface area contributed by atoms with Crippen LogP contribution in [0.5, 0.6) is 0 Å². The molecule has 0 radical (unpaired) electrons. The fraction of sp³-hybridized carbons (Fsp3) is 1.00. The van der Waals surface area contributed by atoms with Crippen LogP contribution in [-0.2, 0) is 10.2 Å². The van der Waals surface area contributed by atoms with Gasteiger partial charge in [-0.15, -0.1) is 0 Å². The van der Waals surface area contributed by atoms with Crippen LogP contribution in [-0.4, -0.2) is 68.2 Å². The molecule has 1 saturated heterocycles. The van der Waals surface area contributed by atoms with Gasteiger partial charge in [-0.2, -0.15) is 17.0 Å². The highest BCUT2D eigenvalue weighted by Crippen LogP contribution is 2.36. The predicted molar refractivity (Wildman–Crippen MR) is 77.2 cm³/mol. The Hall–Kier alpha value is -0.170. The quantitative estimate of drug-likeness (QED) is 0.758. The lowest BCUT2D eigenvalue weighted by molar-refractivity contribution is 0.181. The van der Waals surface area contributed by atoms with Gasteiger partial charge in [-0.3, -0.25) is 0 Å².